The number of benzene rings is 1. The zero-order valence-corrected chi connectivity index (χ0v) is 18.7. The van der Waals surface area contributed by atoms with Gasteiger partial charge in [0.2, 0.25) is 10.0 Å². The molecule has 148 valence electrons. The number of aliphatic imine (C=N–C) groups is 1. The molecule has 0 saturated heterocycles. The Morgan fingerprint density at radius 2 is 1.96 bits per heavy atom. The molecule has 0 aliphatic heterocycles. The van der Waals surface area contributed by atoms with Gasteiger partial charge < -0.3 is 15.0 Å². The van der Waals surface area contributed by atoms with Crippen molar-refractivity contribution in [2.75, 3.05) is 40.9 Å². The van der Waals surface area contributed by atoms with Gasteiger partial charge in [-0.25, -0.2) is 13.1 Å². The lowest BCUT2D eigenvalue weighted by Crippen LogP contribution is -2.40. The minimum absolute atomic E-state index is 0. The molecule has 1 aromatic carbocycles. The van der Waals surface area contributed by atoms with Gasteiger partial charge in [-0.1, -0.05) is 12.1 Å². The van der Waals surface area contributed by atoms with E-state index in [-0.39, 0.29) is 28.9 Å². The van der Waals surface area contributed by atoms with Crippen LogP contribution in [0.4, 0.5) is 0 Å². The molecule has 1 fully saturated rings. The Balaban J connectivity index is 0.00000338. The van der Waals surface area contributed by atoms with Gasteiger partial charge in [0.25, 0.3) is 0 Å². The second kappa shape index (κ2) is 11.1. The Bertz CT molecular complexity index is 676. The Hall–Kier alpha value is -0.910. The van der Waals surface area contributed by atoms with Gasteiger partial charge in [-0.15, -0.1) is 24.0 Å². The van der Waals surface area contributed by atoms with Crippen LogP contribution in [0.2, 0.25) is 0 Å². The molecule has 2 rings (SSSR count). The Morgan fingerprint density at radius 1 is 1.31 bits per heavy atom. The molecular formula is C17H29IN4O3S. The van der Waals surface area contributed by atoms with Crippen LogP contribution in [0.3, 0.4) is 0 Å². The van der Waals surface area contributed by atoms with E-state index in [9.17, 15) is 8.42 Å². The normalized spacial score (nSPS) is 14.7. The summed E-state index contributed by atoms with van der Waals surface area (Å²) in [6.07, 6.45) is 2.60. The van der Waals surface area contributed by atoms with Crippen molar-refractivity contribution in [1.29, 1.82) is 0 Å². The summed E-state index contributed by atoms with van der Waals surface area (Å²) < 4.78 is 31.4. The molecule has 0 radical (unpaired) electrons. The topological polar surface area (TPSA) is 83.0 Å². The van der Waals surface area contributed by atoms with Gasteiger partial charge >= 0.3 is 0 Å². The van der Waals surface area contributed by atoms with E-state index in [4.69, 9.17) is 4.74 Å². The van der Waals surface area contributed by atoms with Crippen LogP contribution in [-0.4, -0.2) is 60.2 Å². The van der Waals surface area contributed by atoms with Crippen LogP contribution in [-0.2, 0) is 21.3 Å². The monoisotopic (exact) mass is 496 g/mol. The van der Waals surface area contributed by atoms with Gasteiger partial charge in [0.15, 0.2) is 5.96 Å². The van der Waals surface area contributed by atoms with Crippen LogP contribution >= 0.6 is 24.0 Å². The van der Waals surface area contributed by atoms with Crippen molar-refractivity contribution in [2.24, 2.45) is 10.9 Å². The molecule has 1 aromatic rings. The van der Waals surface area contributed by atoms with E-state index in [1.165, 1.54) is 19.9 Å². The molecule has 0 aromatic heterocycles. The average molecular weight is 496 g/mol. The highest BCUT2D eigenvalue weighted by Gasteiger charge is 2.21. The van der Waals surface area contributed by atoms with Crippen molar-refractivity contribution in [3.05, 3.63) is 29.8 Å². The number of nitrogens with zero attached hydrogens (tertiary/aromatic N) is 2. The first-order chi connectivity index (χ1) is 12.0. The number of ether oxygens (including phenoxy) is 1. The largest absolute Gasteiger partial charge is 0.379 e. The first kappa shape index (κ1) is 23.1. The highest BCUT2D eigenvalue weighted by Crippen LogP contribution is 2.28. The predicted molar refractivity (Wildman–Crippen MR) is 114 cm³/mol. The standard InChI is InChI=1S/C17H28N4O3S.HI/c1-18-17(21(3)10-11-24-13-15-4-5-15)20-12-14-6-8-16(9-7-14)25(22,23)19-2;/h6-9,15,19H,4-5,10-13H2,1-3H3,(H,18,20);1H. The van der Waals surface area contributed by atoms with Gasteiger partial charge in [0.05, 0.1) is 11.5 Å². The fraction of sp³-hybridized carbons (Fsp3) is 0.588. The quantitative estimate of drug-likeness (QED) is 0.235. The van der Waals surface area contributed by atoms with Crippen molar-refractivity contribution < 1.29 is 13.2 Å². The first-order valence-corrected chi connectivity index (χ1v) is 9.96. The van der Waals surface area contributed by atoms with Gasteiger partial charge in [-0.05, 0) is 43.5 Å². The van der Waals surface area contributed by atoms with Crippen LogP contribution in [0.25, 0.3) is 0 Å². The summed E-state index contributed by atoms with van der Waals surface area (Å²) in [5.41, 5.74) is 0.981. The number of hydrogen-bond donors (Lipinski definition) is 2. The van der Waals surface area contributed by atoms with E-state index in [0.29, 0.717) is 13.2 Å². The van der Waals surface area contributed by atoms with Crippen molar-refractivity contribution >= 4 is 40.0 Å². The molecular weight excluding hydrogens is 467 g/mol. The third kappa shape index (κ3) is 7.37. The van der Waals surface area contributed by atoms with E-state index in [1.807, 2.05) is 11.9 Å². The molecule has 1 aliphatic rings. The summed E-state index contributed by atoms with van der Waals surface area (Å²) in [5, 5.41) is 3.27. The molecule has 1 aliphatic carbocycles. The van der Waals surface area contributed by atoms with Crippen LogP contribution in [0.1, 0.15) is 18.4 Å². The molecule has 0 unspecified atom stereocenters. The third-order valence-electron chi connectivity index (χ3n) is 4.15. The fourth-order valence-corrected chi connectivity index (χ4v) is 3.04. The molecule has 7 nitrogen and oxygen atoms in total. The van der Waals surface area contributed by atoms with Crippen molar-refractivity contribution in [2.45, 2.75) is 24.3 Å². The van der Waals surface area contributed by atoms with E-state index in [2.05, 4.69) is 15.0 Å². The number of hydrogen-bond acceptors (Lipinski definition) is 4. The smallest absolute Gasteiger partial charge is 0.240 e. The number of halogens is 1. The SMILES string of the molecule is CN=C(NCc1ccc(S(=O)(=O)NC)cc1)N(C)CCOCC1CC1.I. The van der Waals surface area contributed by atoms with Crippen molar-refractivity contribution in [3.63, 3.8) is 0 Å². The van der Waals surface area contributed by atoms with Crippen molar-refractivity contribution in [3.8, 4) is 0 Å². The maximum Gasteiger partial charge on any atom is 0.240 e. The molecule has 0 amide bonds. The molecule has 0 atom stereocenters. The van der Waals surface area contributed by atoms with Crippen LogP contribution in [0.15, 0.2) is 34.2 Å². The Kier molecular flexibility index (Phi) is 9.83. The Morgan fingerprint density at radius 3 is 2.50 bits per heavy atom. The summed E-state index contributed by atoms with van der Waals surface area (Å²) in [4.78, 5) is 6.55. The molecule has 2 N–H and O–H groups in total. The van der Waals surface area contributed by atoms with Gasteiger partial charge in [-0.3, -0.25) is 4.99 Å². The second-order valence-corrected chi connectivity index (χ2v) is 8.08. The number of nitrogens with one attached hydrogen (secondary N) is 2. The van der Waals surface area contributed by atoms with Gasteiger partial charge in [-0.2, -0.15) is 0 Å². The minimum Gasteiger partial charge on any atom is -0.379 e. The summed E-state index contributed by atoms with van der Waals surface area (Å²) in [6, 6.07) is 6.79. The van der Waals surface area contributed by atoms with Crippen LogP contribution in [0.5, 0.6) is 0 Å². The van der Waals surface area contributed by atoms with E-state index in [1.54, 1.807) is 31.3 Å². The molecule has 1 saturated carbocycles. The maximum atomic E-state index is 11.7. The van der Waals surface area contributed by atoms with Gasteiger partial charge in [0.1, 0.15) is 0 Å². The highest BCUT2D eigenvalue weighted by molar-refractivity contribution is 14.0. The zero-order valence-electron chi connectivity index (χ0n) is 15.6. The zero-order chi connectivity index (χ0) is 18.3. The maximum absolute atomic E-state index is 11.7. The molecule has 0 bridgehead atoms. The number of sulfonamides is 1. The lowest BCUT2D eigenvalue weighted by atomic mass is 10.2. The minimum atomic E-state index is -3.40. The summed E-state index contributed by atoms with van der Waals surface area (Å²) in [6.45, 7) is 2.89. The molecule has 26 heavy (non-hydrogen) atoms. The lowest BCUT2D eigenvalue weighted by Gasteiger charge is -2.22. The van der Waals surface area contributed by atoms with E-state index in [0.717, 1.165) is 30.6 Å². The van der Waals surface area contributed by atoms with Crippen LogP contribution in [0, 0.1) is 5.92 Å². The lowest BCUT2D eigenvalue weighted by molar-refractivity contribution is 0.115. The fourth-order valence-electron chi connectivity index (χ4n) is 2.31. The molecule has 9 heteroatoms. The molecule has 0 spiro atoms. The number of rotatable bonds is 9. The molecule has 0 heterocycles. The number of guanidine groups is 1. The predicted octanol–water partition coefficient (Wildman–Crippen LogP) is 1.65. The number of likely N-dealkylation sites (N-methyl/N-ethyl adjacent to an activating group) is 1. The first-order valence-electron chi connectivity index (χ1n) is 8.48. The third-order valence-corrected chi connectivity index (χ3v) is 5.58. The summed E-state index contributed by atoms with van der Waals surface area (Å²) >= 11 is 0. The average Bonchev–Trinajstić information content (AvgIpc) is 3.44. The second-order valence-electron chi connectivity index (χ2n) is 6.19. The Labute approximate surface area is 173 Å². The van der Waals surface area contributed by atoms with E-state index >= 15 is 0 Å². The summed E-state index contributed by atoms with van der Waals surface area (Å²) in [5.74, 6) is 1.55. The van der Waals surface area contributed by atoms with E-state index < -0.39 is 10.0 Å². The highest BCUT2D eigenvalue weighted by atomic mass is 127. The van der Waals surface area contributed by atoms with Crippen molar-refractivity contribution in [1.82, 2.24) is 14.9 Å². The summed E-state index contributed by atoms with van der Waals surface area (Å²) in [7, 11) is 1.72. The van der Waals surface area contributed by atoms with Gasteiger partial charge in [0, 0.05) is 33.8 Å². The van der Waals surface area contributed by atoms with Crippen LogP contribution < -0.4 is 10.0 Å².